The zero-order chi connectivity index (χ0) is 8.27. The minimum absolute atomic E-state index is 0.194. The highest BCUT2D eigenvalue weighted by molar-refractivity contribution is 5.15. The largest absolute Gasteiger partial charge is 0.301 e. The molecule has 1 nitrogen and oxygen atoms in total. The molecule has 1 aromatic rings. The molecular formula is C9H11FN. The Labute approximate surface area is 66.5 Å². The first-order valence-corrected chi connectivity index (χ1v) is 3.44. The van der Waals surface area contributed by atoms with Gasteiger partial charge in [-0.3, -0.25) is 0 Å². The molecule has 0 aromatic heterocycles. The van der Waals surface area contributed by atoms with Crippen molar-refractivity contribution in [3.63, 3.8) is 0 Å². The van der Waals surface area contributed by atoms with E-state index in [2.05, 4.69) is 7.05 Å². The first kappa shape index (κ1) is 8.21. The summed E-state index contributed by atoms with van der Waals surface area (Å²) in [4.78, 5) is 1.80. The normalized spacial score (nSPS) is 10.5. The van der Waals surface area contributed by atoms with Gasteiger partial charge in [-0.15, -0.1) is 0 Å². The number of nitrogens with zero attached hydrogens (tertiary/aromatic N) is 1. The lowest BCUT2D eigenvalue weighted by Crippen LogP contribution is -2.07. The van der Waals surface area contributed by atoms with Crippen LogP contribution in [0.4, 0.5) is 4.39 Å². The summed E-state index contributed by atoms with van der Waals surface area (Å²) < 4.78 is 12.4. The van der Waals surface area contributed by atoms with E-state index in [1.165, 1.54) is 12.1 Å². The van der Waals surface area contributed by atoms with Crippen molar-refractivity contribution < 1.29 is 4.39 Å². The molecule has 0 bridgehead atoms. The highest BCUT2D eigenvalue weighted by Gasteiger charge is 1.94. The number of hydrogen-bond acceptors (Lipinski definition) is 1. The fraction of sp³-hybridized carbons (Fsp3) is 0.222. The molecule has 11 heavy (non-hydrogen) atoms. The Kier molecular flexibility index (Phi) is 2.60. The van der Waals surface area contributed by atoms with Crippen molar-refractivity contribution in [1.29, 1.82) is 0 Å². The minimum Gasteiger partial charge on any atom is -0.301 e. The second-order valence-corrected chi connectivity index (χ2v) is 2.64. The fourth-order valence-electron chi connectivity index (χ4n) is 0.901. The molecular weight excluding hydrogens is 141 g/mol. The number of hydrogen-bond donors (Lipinski definition) is 0. The van der Waals surface area contributed by atoms with Crippen molar-refractivity contribution in [2.45, 2.75) is 6.54 Å². The minimum atomic E-state index is -0.194. The standard InChI is InChI=1S/C9H11FN/c1-11(2)7-8-3-5-9(10)6-4-8/h3-6H,1,7H2,2H3. The van der Waals surface area contributed by atoms with Crippen LogP contribution in [0.25, 0.3) is 0 Å². The zero-order valence-electron chi connectivity index (χ0n) is 6.55. The molecule has 0 saturated heterocycles. The van der Waals surface area contributed by atoms with E-state index >= 15 is 0 Å². The summed E-state index contributed by atoms with van der Waals surface area (Å²) in [5.74, 6) is -0.194. The second kappa shape index (κ2) is 3.49. The van der Waals surface area contributed by atoms with Crippen molar-refractivity contribution in [2.75, 3.05) is 7.05 Å². The van der Waals surface area contributed by atoms with E-state index < -0.39 is 0 Å². The number of benzene rings is 1. The van der Waals surface area contributed by atoms with Crippen molar-refractivity contribution >= 4 is 0 Å². The molecule has 0 heterocycles. The van der Waals surface area contributed by atoms with Gasteiger partial charge in [0.05, 0.1) is 0 Å². The first-order chi connectivity index (χ1) is 5.18. The Morgan fingerprint density at radius 2 is 1.91 bits per heavy atom. The molecule has 0 fully saturated rings. The van der Waals surface area contributed by atoms with Gasteiger partial charge in [0.15, 0.2) is 0 Å². The van der Waals surface area contributed by atoms with Crippen LogP contribution >= 0.6 is 0 Å². The van der Waals surface area contributed by atoms with Crippen LogP contribution in [0, 0.1) is 12.9 Å². The third-order valence-electron chi connectivity index (χ3n) is 1.37. The van der Waals surface area contributed by atoms with Gasteiger partial charge in [-0.05, 0) is 24.7 Å². The molecule has 0 aliphatic rings. The van der Waals surface area contributed by atoms with Crippen molar-refractivity contribution in [1.82, 2.24) is 4.90 Å². The molecule has 59 valence electrons. The van der Waals surface area contributed by atoms with Crippen LogP contribution in [0.3, 0.4) is 0 Å². The summed E-state index contributed by atoms with van der Waals surface area (Å²) in [6.45, 7) is 0.750. The van der Waals surface area contributed by atoms with E-state index in [1.807, 2.05) is 7.05 Å². The van der Waals surface area contributed by atoms with E-state index in [0.717, 1.165) is 12.1 Å². The smallest absolute Gasteiger partial charge is 0.123 e. The van der Waals surface area contributed by atoms with Crippen LogP contribution < -0.4 is 0 Å². The Bertz CT molecular complexity index is 216. The van der Waals surface area contributed by atoms with E-state index in [0.29, 0.717) is 0 Å². The van der Waals surface area contributed by atoms with Crippen LogP contribution in [0.15, 0.2) is 24.3 Å². The molecule has 1 rings (SSSR count). The molecule has 2 heteroatoms. The number of rotatable bonds is 2. The Morgan fingerprint density at radius 1 is 1.36 bits per heavy atom. The molecule has 1 aromatic carbocycles. The van der Waals surface area contributed by atoms with Gasteiger partial charge >= 0.3 is 0 Å². The SMILES string of the molecule is [CH2]N(C)Cc1ccc(F)cc1. The van der Waals surface area contributed by atoms with E-state index in [-0.39, 0.29) is 5.82 Å². The summed E-state index contributed by atoms with van der Waals surface area (Å²) in [5.41, 5.74) is 1.07. The topological polar surface area (TPSA) is 3.24 Å². The van der Waals surface area contributed by atoms with Crippen molar-refractivity contribution in [2.24, 2.45) is 0 Å². The Balaban J connectivity index is 2.66. The van der Waals surface area contributed by atoms with Gasteiger partial charge in [0, 0.05) is 13.6 Å². The molecule has 1 radical (unpaired) electrons. The predicted octanol–water partition coefficient (Wildman–Crippen LogP) is 2.05. The van der Waals surface area contributed by atoms with Crippen LogP contribution in [0.5, 0.6) is 0 Å². The third-order valence-corrected chi connectivity index (χ3v) is 1.37. The van der Waals surface area contributed by atoms with Gasteiger partial charge in [-0.1, -0.05) is 12.1 Å². The zero-order valence-corrected chi connectivity index (χ0v) is 6.55. The second-order valence-electron chi connectivity index (χ2n) is 2.64. The lowest BCUT2D eigenvalue weighted by atomic mass is 10.2. The van der Waals surface area contributed by atoms with Crippen LogP contribution in [0.2, 0.25) is 0 Å². The lowest BCUT2D eigenvalue weighted by molar-refractivity contribution is 0.444. The predicted molar refractivity (Wildman–Crippen MR) is 43.2 cm³/mol. The van der Waals surface area contributed by atoms with E-state index in [4.69, 9.17) is 0 Å². The molecule has 0 aliphatic carbocycles. The average molecular weight is 152 g/mol. The summed E-state index contributed by atoms with van der Waals surface area (Å²) in [6, 6.07) is 6.44. The van der Waals surface area contributed by atoms with Crippen LogP contribution in [0.1, 0.15) is 5.56 Å². The van der Waals surface area contributed by atoms with Crippen LogP contribution in [-0.4, -0.2) is 11.9 Å². The molecule has 0 amide bonds. The fourth-order valence-corrected chi connectivity index (χ4v) is 0.901. The van der Waals surface area contributed by atoms with E-state index in [9.17, 15) is 4.39 Å². The molecule has 0 atom stereocenters. The maximum atomic E-state index is 12.4. The monoisotopic (exact) mass is 152 g/mol. The van der Waals surface area contributed by atoms with Gasteiger partial charge < -0.3 is 4.90 Å². The van der Waals surface area contributed by atoms with Gasteiger partial charge in [0.25, 0.3) is 0 Å². The molecule has 0 saturated carbocycles. The summed E-state index contributed by atoms with van der Waals surface area (Å²) in [5, 5.41) is 0. The highest BCUT2D eigenvalue weighted by Crippen LogP contribution is 2.04. The summed E-state index contributed by atoms with van der Waals surface area (Å²) in [7, 11) is 5.57. The molecule has 0 aliphatic heterocycles. The van der Waals surface area contributed by atoms with Gasteiger partial charge in [-0.2, -0.15) is 0 Å². The molecule has 0 spiro atoms. The maximum absolute atomic E-state index is 12.4. The molecule has 0 N–H and O–H groups in total. The third kappa shape index (κ3) is 2.68. The van der Waals surface area contributed by atoms with Gasteiger partial charge in [0.2, 0.25) is 0 Å². The molecule has 0 unspecified atom stereocenters. The maximum Gasteiger partial charge on any atom is 0.123 e. The first-order valence-electron chi connectivity index (χ1n) is 3.44. The van der Waals surface area contributed by atoms with Crippen molar-refractivity contribution in [3.8, 4) is 0 Å². The summed E-state index contributed by atoms with van der Waals surface area (Å²) >= 11 is 0. The lowest BCUT2D eigenvalue weighted by Gasteiger charge is -2.08. The van der Waals surface area contributed by atoms with Gasteiger partial charge in [-0.25, -0.2) is 4.39 Å². The number of halogens is 1. The Morgan fingerprint density at radius 3 is 2.36 bits per heavy atom. The van der Waals surface area contributed by atoms with Gasteiger partial charge in [0.1, 0.15) is 5.82 Å². The average Bonchev–Trinajstić information content (AvgIpc) is 1.93. The quantitative estimate of drug-likeness (QED) is 0.627. The van der Waals surface area contributed by atoms with Crippen molar-refractivity contribution in [3.05, 3.63) is 42.7 Å². The van der Waals surface area contributed by atoms with E-state index in [1.54, 1.807) is 17.0 Å². The summed E-state index contributed by atoms with van der Waals surface area (Å²) in [6.07, 6.45) is 0. The Hall–Kier alpha value is -0.890. The van der Waals surface area contributed by atoms with Crippen LogP contribution in [-0.2, 0) is 6.54 Å². The highest BCUT2D eigenvalue weighted by atomic mass is 19.1.